The molecule has 2 aromatic carbocycles. The van der Waals surface area contributed by atoms with E-state index in [2.05, 4.69) is 6.07 Å². The predicted octanol–water partition coefficient (Wildman–Crippen LogP) is 2.74. The first-order valence-corrected chi connectivity index (χ1v) is 4.58. The van der Waals surface area contributed by atoms with Crippen molar-refractivity contribution in [3.63, 3.8) is 0 Å². The number of hydrogen-bond donors (Lipinski definition) is 2. The third-order valence-electron chi connectivity index (χ3n) is 2.50. The topological polar surface area (TPSA) is 46.2 Å². The highest BCUT2D eigenvalue weighted by atomic mass is 16.3. The van der Waals surface area contributed by atoms with Crippen LogP contribution in [0.5, 0.6) is 5.75 Å². The molecule has 0 aromatic heterocycles. The Labute approximate surface area is 83.0 Å². The number of nitrogen functional groups attached to an aromatic ring is 1. The van der Waals surface area contributed by atoms with Crippen LogP contribution in [0.15, 0.2) is 24.3 Å². The molecule has 14 heavy (non-hydrogen) atoms. The van der Waals surface area contributed by atoms with Crippen LogP contribution in [0.4, 0.5) is 5.69 Å². The second-order valence-corrected chi connectivity index (χ2v) is 3.68. The summed E-state index contributed by atoms with van der Waals surface area (Å²) in [6.45, 7) is 3.89. The van der Waals surface area contributed by atoms with E-state index >= 15 is 0 Å². The van der Waals surface area contributed by atoms with Gasteiger partial charge in [-0.05, 0) is 30.9 Å². The third kappa shape index (κ3) is 1.20. The Morgan fingerprint density at radius 2 is 1.86 bits per heavy atom. The van der Waals surface area contributed by atoms with Crippen LogP contribution in [0.1, 0.15) is 11.1 Å². The summed E-state index contributed by atoms with van der Waals surface area (Å²) in [6, 6.07) is 7.96. The number of fused-ring (bicyclic) bond motifs is 1. The molecule has 2 heteroatoms. The van der Waals surface area contributed by atoms with Crippen molar-refractivity contribution in [2.24, 2.45) is 0 Å². The maximum absolute atomic E-state index is 9.65. The molecule has 3 N–H and O–H groups in total. The lowest BCUT2D eigenvalue weighted by atomic mass is 10.0. The normalized spacial score (nSPS) is 10.7. The standard InChI is InChI=1S/C12H13NO/c1-7-3-4-10-9(5-7)6-8(2)12(14)11(10)13/h3-6,14H,13H2,1-2H3. The molecule has 72 valence electrons. The summed E-state index contributed by atoms with van der Waals surface area (Å²) in [5.74, 6) is 0.196. The molecule has 0 saturated carbocycles. The van der Waals surface area contributed by atoms with Crippen molar-refractivity contribution in [1.82, 2.24) is 0 Å². The highest BCUT2D eigenvalue weighted by Crippen LogP contribution is 2.33. The van der Waals surface area contributed by atoms with Gasteiger partial charge in [0.25, 0.3) is 0 Å². The van der Waals surface area contributed by atoms with Gasteiger partial charge >= 0.3 is 0 Å². The molecule has 0 saturated heterocycles. The van der Waals surface area contributed by atoms with Gasteiger partial charge in [0, 0.05) is 5.39 Å². The molecule has 0 bridgehead atoms. The van der Waals surface area contributed by atoms with Crippen molar-refractivity contribution < 1.29 is 5.11 Å². The number of hydrogen-bond acceptors (Lipinski definition) is 2. The van der Waals surface area contributed by atoms with E-state index in [-0.39, 0.29) is 5.75 Å². The van der Waals surface area contributed by atoms with Gasteiger partial charge in [-0.3, -0.25) is 0 Å². The number of aryl methyl sites for hydroxylation is 2. The lowest BCUT2D eigenvalue weighted by molar-refractivity contribution is 0.474. The first-order chi connectivity index (χ1) is 6.59. The first-order valence-electron chi connectivity index (χ1n) is 4.58. The van der Waals surface area contributed by atoms with Gasteiger partial charge < -0.3 is 10.8 Å². The molecular formula is C12H13NO. The van der Waals surface area contributed by atoms with Crippen LogP contribution in [-0.4, -0.2) is 5.11 Å². The van der Waals surface area contributed by atoms with Crippen molar-refractivity contribution in [1.29, 1.82) is 0 Å². The van der Waals surface area contributed by atoms with Crippen molar-refractivity contribution in [3.8, 4) is 5.75 Å². The molecule has 0 atom stereocenters. The largest absolute Gasteiger partial charge is 0.505 e. The second kappa shape index (κ2) is 2.91. The van der Waals surface area contributed by atoms with E-state index in [9.17, 15) is 5.11 Å². The Morgan fingerprint density at radius 3 is 2.57 bits per heavy atom. The molecule has 0 radical (unpaired) electrons. The third-order valence-corrected chi connectivity index (χ3v) is 2.50. The number of rotatable bonds is 0. The van der Waals surface area contributed by atoms with Gasteiger partial charge in [0.05, 0.1) is 5.69 Å². The molecule has 0 aliphatic heterocycles. The average molecular weight is 187 g/mol. The second-order valence-electron chi connectivity index (χ2n) is 3.68. The van der Waals surface area contributed by atoms with Gasteiger partial charge in [-0.1, -0.05) is 23.8 Å². The molecule has 0 spiro atoms. The summed E-state index contributed by atoms with van der Waals surface area (Å²) in [6.07, 6.45) is 0. The zero-order chi connectivity index (χ0) is 10.3. The van der Waals surface area contributed by atoms with E-state index < -0.39 is 0 Å². The summed E-state index contributed by atoms with van der Waals surface area (Å²) in [5.41, 5.74) is 8.31. The van der Waals surface area contributed by atoms with Gasteiger partial charge in [-0.15, -0.1) is 0 Å². The highest BCUT2D eigenvalue weighted by Gasteiger charge is 2.06. The predicted molar refractivity (Wildman–Crippen MR) is 59.5 cm³/mol. The molecule has 0 heterocycles. The molecular weight excluding hydrogens is 174 g/mol. The average Bonchev–Trinajstić information content (AvgIpc) is 2.14. The molecule has 0 aliphatic carbocycles. The summed E-state index contributed by atoms with van der Waals surface area (Å²) >= 11 is 0. The van der Waals surface area contributed by atoms with Crippen LogP contribution < -0.4 is 5.73 Å². The van der Waals surface area contributed by atoms with Crippen molar-refractivity contribution in [3.05, 3.63) is 35.4 Å². The highest BCUT2D eigenvalue weighted by molar-refractivity contribution is 5.97. The number of phenolic OH excluding ortho intramolecular Hbond substituents is 1. The van der Waals surface area contributed by atoms with Gasteiger partial charge in [-0.25, -0.2) is 0 Å². The SMILES string of the molecule is Cc1ccc2c(N)c(O)c(C)cc2c1. The Hall–Kier alpha value is -1.70. The fourth-order valence-corrected chi connectivity index (χ4v) is 1.69. The van der Waals surface area contributed by atoms with Crippen LogP contribution in [0, 0.1) is 13.8 Å². The Morgan fingerprint density at radius 1 is 1.14 bits per heavy atom. The Bertz CT molecular complexity index is 503. The Balaban J connectivity index is 2.91. The maximum Gasteiger partial charge on any atom is 0.142 e. The van der Waals surface area contributed by atoms with E-state index in [0.29, 0.717) is 5.69 Å². The van der Waals surface area contributed by atoms with Gasteiger partial charge in [0.15, 0.2) is 0 Å². The van der Waals surface area contributed by atoms with E-state index in [1.807, 2.05) is 32.0 Å². The smallest absolute Gasteiger partial charge is 0.142 e. The zero-order valence-corrected chi connectivity index (χ0v) is 8.33. The van der Waals surface area contributed by atoms with E-state index in [1.165, 1.54) is 5.56 Å². The first kappa shape index (κ1) is 8.88. The summed E-state index contributed by atoms with van der Waals surface area (Å²) in [4.78, 5) is 0. The van der Waals surface area contributed by atoms with E-state index in [0.717, 1.165) is 16.3 Å². The van der Waals surface area contributed by atoms with Gasteiger partial charge in [-0.2, -0.15) is 0 Å². The number of phenols is 1. The van der Waals surface area contributed by atoms with Gasteiger partial charge in [0.1, 0.15) is 5.75 Å². The number of anilines is 1. The number of aromatic hydroxyl groups is 1. The minimum atomic E-state index is 0.196. The fraction of sp³-hybridized carbons (Fsp3) is 0.167. The number of nitrogens with two attached hydrogens (primary N) is 1. The fourth-order valence-electron chi connectivity index (χ4n) is 1.69. The van der Waals surface area contributed by atoms with E-state index in [4.69, 9.17) is 5.73 Å². The zero-order valence-electron chi connectivity index (χ0n) is 8.33. The van der Waals surface area contributed by atoms with Crippen molar-refractivity contribution >= 4 is 16.5 Å². The van der Waals surface area contributed by atoms with Crippen LogP contribution in [0.25, 0.3) is 10.8 Å². The van der Waals surface area contributed by atoms with Crippen LogP contribution in [0.2, 0.25) is 0 Å². The van der Waals surface area contributed by atoms with Gasteiger partial charge in [0.2, 0.25) is 0 Å². The minimum absolute atomic E-state index is 0.196. The van der Waals surface area contributed by atoms with Crippen LogP contribution in [-0.2, 0) is 0 Å². The lowest BCUT2D eigenvalue weighted by Gasteiger charge is -2.08. The van der Waals surface area contributed by atoms with Crippen molar-refractivity contribution in [2.45, 2.75) is 13.8 Å². The summed E-state index contributed by atoms with van der Waals surface area (Å²) in [7, 11) is 0. The quantitative estimate of drug-likeness (QED) is 0.492. The molecule has 0 unspecified atom stereocenters. The van der Waals surface area contributed by atoms with Crippen LogP contribution >= 0.6 is 0 Å². The molecule has 2 rings (SSSR count). The summed E-state index contributed by atoms with van der Waals surface area (Å²) < 4.78 is 0. The van der Waals surface area contributed by atoms with E-state index in [1.54, 1.807) is 0 Å². The molecule has 0 fully saturated rings. The Kier molecular flexibility index (Phi) is 1.84. The molecule has 0 aliphatic rings. The lowest BCUT2D eigenvalue weighted by Crippen LogP contribution is -1.90. The number of benzene rings is 2. The minimum Gasteiger partial charge on any atom is -0.505 e. The summed E-state index contributed by atoms with van der Waals surface area (Å²) in [5, 5.41) is 11.6. The maximum atomic E-state index is 9.65. The van der Waals surface area contributed by atoms with Crippen molar-refractivity contribution in [2.75, 3.05) is 5.73 Å². The van der Waals surface area contributed by atoms with Crippen LogP contribution in [0.3, 0.4) is 0 Å². The molecule has 2 nitrogen and oxygen atoms in total. The molecule has 2 aromatic rings. The molecule has 0 amide bonds. The monoisotopic (exact) mass is 187 g/mol.